The average Bonchev–Trinajstić information content (AvgIpc) is 2.52. The third-order valence-electron chi connectivity index (χ3n) is 2.61. The molecule has 0 radical (unpaired) electrons. The van der Waals surface area contributed by atoms with Gasteiger partial charge >= 0.3 is 0 Å². The van der Waals surface area contributed by atoms with Crippen LogP contribution in [0.4, 0.5) is 4.39 Å². The van der Waals surface area contributed by atoms with Crippen molar-refractivity contribution in [3.63, 3.8) is 0 Å². The Kier molecular flexibility index (Phi) is 5.12. The molecule has 2 unspecified atom stereocenters. The van der Waals surface area contributed by atoms with E-state index >= 15 is 0 Å². The third-order valence-corrected chi connectivity index (χ3v) is 2.61. The van der Waals surface area contributed by atoms with E-state index in [2.05, 4.69) is 29.4 Å². The van der Waals surface area contributed by atoms with Crippen molar-refractivity contribution in [1.29, 1.82) is 0 Å². The minimum absolute atomic E-state index is 0.348. The predicted molar refractivity (Wildman–Crippen MR) is 58.2 cm³/mol. The summed E-state index contributed by atoms with van der Waals surface area (Å²) in [5.74, 6) is 0. The van der Waals surface area contributed by atoms with Gasteiger partial charge in [-0.15, -0.1) is 0 Å². The Bertz CT molecular complexity index is 182. The zero-order valence-corrected chi connectivity index (χ0v) is 9.17. The highest BCUT2D eigenvalue weighted by molar-refractivity contribution is 4.84. The molecule has 3 heteroatoms. The van der Waals surface area contributed by atoms with Crippen LogP contribution in [-0.4, -0.2) is 43.8 Å². The van der Waals surface area contributed by atoms with Gasteiger partial charge in [0.15, 0.2) is 0 Å². The maximum atomic E-state index is 12.8. The van der Waals surface area contributed by atoms with Crippen LogP contribution in [0.25, 0.3) is 0 Å². The summed E-state index contributed by atoms with van der Waals surface area (Å²) in [6.45, 7) is 4.58. The van der Waals surface area contributed by atoms with Crippen molar-refractivity contribution in [1.82, 2.24) is 10.2 Å². The van der Waals surface area contributed by atoms with Gasteiger partial charge in [0.2, 0.25) is 0 Å². The Morgan fingerprint density at radius 3 is 2.93 bits per heavy atom. The van der Waals surface area contributed by atoms with Gasteiger partial charge in [0.05, 0.1) is 0 Å². The number of nitrogens with zero attached hydrogens (tertiary/aromatic N) is 1. The fourth-order valence-electron chi connectivity index (χ4n) is 1.84. The fraction of sp³-hybridized carbons (Fsp3) is 0.818. The van der Waals surface area contributed by atoms with Crippen LogP contribution < -0.4 is 5.32 Å². The van der Waals surface area contributed by atoms with Gasteiger partial charge in [-0.05, 0) is 26.8 Å². The quantitative estimate of drug-likeness (QED) is 0.678. The lowest BCUT2D eigenvalue weighted by Crippen LogP contribution is -2.35. The van der Waals surface area contributed by atoms with Crippen molar-refractivity contribution in [2.75, 3.05) is 26.7 Å². The second kappa shape index (κ2) is 6.14. The third kappa shape index (κ3) is 4.20. The molecule has 0 aromatic heterocycles. The van der Waals surface area contributed by atoms with Crippen LogP contribution in [0.15, 0.2) is 12.2 Å². The maximum Gasteiger partial charge on any atom is 0.114 e. The van der Waals surface area contributed by atoms with E-state index in [1.54, 1.807) is 0 Å². The smallest absolute Gasteiger partial charge is 0.114 e. The number of halogens is 1. The highest BCUT2D eigenvalue weighted by atomic mass is 19.1. The predicted octanol–water partition coefficient (Wildman–Crippen LogP) is 1.58. The van der Waals surface area contributed by atoms with Gasteiger partial charge in [-0.25, -0.2) is 4.39 Å². The number of hydrogen-bond acceptors (Lipinski definition) is 2. The van der Waals surface area contributed by atoms with E-state index in [-0.39, 0.29) is 0 Å². The molecule has 0 saturated carbocycles. The van der Waals surface area contributed by atoms with Gasteiger partial charge < -0.3 is 10.2 Å². The van der Waals surface area contributed by atoms with E-state index in [0.29, 0.717) is 19.0 Å². The molecule has 82 valence electrons. The standard InChI is InChI=1S/C11H21FN2/c1-3-4-5-6-14(2)9-11-7-10(12)8-13-11/h3-4,10-11,13H,5-9H2,1-2H3/b4-3+. The number of alkyl halides is 1. The Morgan fingerprint density at radius 1 is 1.57 bits per heavy atom. The Morgan fingerprint density at radius 2 is 2.36 bits per heavy atom. The zero-order valence-electron chi connectivity index (χ0n) is 9.17. The van der Waals surface area contributed by atoms with E-state index in [4.69, 9.17) is 0 Å². The zero-order chi connectivity index (χ0) is 10.4. The number of nitrogens with one attached hydrogen (secondary N) is 1. The SMILES string of the molecule is C/C=C/CCN(C)CC1CC(F)CN1. The lowest BCUT2D eigenvalue weighted by atomic mass is 10.2. The summed E-state index contributed by atoms with van der Waals surface area (Å²) < 4.78 is 12.8. The molecule has 14 heavy (non-hydrogen) atoms. The molecule has 2 atom stereocenters. The fourth-order valence-corrected chi connectivity index (χ4v) is 1.84. The summed E-state index contributed by atoms with van der Waals surface area (Å²) in [5, 5.41) is 3.19. The molecular weight excluding hydrogens is 179 g/mol. The van der Waals surface area contributed by atoms with Crippen LogP contribution in [-0.2, 0) is 0 Å². The molecule has 0 aromatic carbocycles. The van der Waals surface area contributed by atoms with Gasteiger partial charge in [0.25, 0.3) is 0 Å². The minimum atomic E-state index is -0.635. The molecule has 1 saturated heterocycles. The molecule has 0 amide bonds. The van der Waals surface area contributed by atoms with Crippen LogP contribution in [0.3, 0.4) is 0 Å². The average molecular weight is 200 g/mol. The summed E-state index contributed by atoms with van der Waals surface area (Å²) in [7, 11) is 2.09. The van der Waals surface area contributed by atoms with E-state index in [9.17, 15) is 4.39 Å². The van der Waals surface area contributed by atoms with Gasteiger partial charge in [-0.1, -0.05) is 12.2 Å². The number of allylic oxidation sites excluding steroid dienone is 1. The largest absolute Gasteiger partial charge is 0.310 e. The first kappa shape index (κ1) is 11.7. The normalized spacial score (nSPS) is 28.0. The maximum absolute atomic E-state index is 12.8. The van der Waals surface area contributed by atoms with Crippen LogP contribution >= 0.6 is 0 Å². The minimum Gasteiger partial charge on any atom is -0.310 e. The van der Waals surface area contributed by atoms with Crippen molar-refractivity contribution in [2.24, 2.45) is 0 Å². The summed E-state index contributed by atoms with van der Waals surface area (Å²) in [4.78, 5) is 2.26. The Labute approximate surface area is 86.2 Å². The van der Waals surface area contributed by atoms with Crippen molar-refractivity contribution < 1.29 is 4.39 Å². The lowest BCUT2D eigenvalue weighted by molar-refractivity contribution is 0.294. The highest BCUT2D eigenvalue weighted by Gasteiger charge is 2.23. The van der Waals surface area contributed by atoms with Crippen molar-refractivity contribution >= 4 is 0 Å². The van der Waals surface area contributed by atoms with E-state index in [0.717, 1.165) is 19.5 Å². The van der Waals surface area contributed by atoms with Crippen molar-refractivity contribution in [3.05, 3.63) is 12.2 Å². The molecule has 2 nitrogen and oxygen atoms in total. The van der Waals surface area contributed by atoms with Crippen LogP contribution in [0, 0.1) is 0 Å². The van der Waals surface area contributed by atoms with Gasteiger partial charge in [0, 0.05) is 25.7 Å². The number of hydrogen-bond donors (Lipinski definition) is 1. The molecule has 0 aromatic rings. The second-order valence-corrected chi connectivity index (χ2v) is 4.06. The topological polar surface area (TPSA) is 15.3 Å². The highest BCUT2D eigenvalue weighted by Crippen LogP contribution is 2.10. The first-order valence-corrected chi connectivity index (χ1v) is 5.39. The van der Waals surface area contributed by atoms with E-state index in [1.807, 2.05) is 6.92 Å². The first-order chi connectivity index (χ1) is 6.72. The number of likely N-dealkylation sites (N-methyl/N-ethyl adjacent to an activating group) is 1. The molecule has 1 aliphatic heterocycles. The van der Waals surface area contributed by atoms with Gasteiger partial charge in [-0.3, -0.25) is 0 Å². The summed E-state index contributed by atoms with van der Waals surface area (Å²) in [5.41, 5.74) is 0. The molecule has 0 spiro atoms. The van der Waals surface area contributed by atoms with Crippen molar-refractivity contribution in [3.8, 4) is 0 Å². The molecule has 1 aliphatic rings. The van der Waals surface area contributed by atoms with Crippen molar-refractivity contribution in [2.45, 2.75) is 32.0 Å². The second-order valence-electron chi connectivity index (χ2n) is 4.06. The van der Waals surface area contributed by atoms with Gasteiger partial charge in [-0.2, -0.15) is 0 Å². The molecule has 1 rings (SSSR count). The number of rotatable bonds is 5. The summed E-state index contributed by atoms with van der Waals surface area (Å²) in [6, 6.07) is 0.348. The molecule has 0 bridgehead atoms. The molecular formula is C11H21FN2. The Hall–Kier alpha value is -0.410. The monoisotopic (exact) mass is 200 g/mol. The van der Waals surface area contributed by atoms with Crippen LogP contribution in [0.5, 0.6) is 0 Å². The van der Waals surface area contributed by atoms with Crippen LogP contribution in [0.2, 0.25) is 0 Å². The Balaban J connectivity index is 2.10. The lowest BCUT2D eigenvalue weighted by Gasteiger charge is -2.20. The molecule has 0 aliphatic carbocycles. The van der Waals surface area contributed by atoms with Gasteiger partial charge in [0.1, 0.15) is 6.17 Å². The first-order valence-electron chi connectivity index (χ1n) is 5.39. The summed E-state index contributed by atoms with van der Waals surface area (Å²) in [6.07, 6.45) is 5.35. The summed E-state index contributed by atoms with van der Waals surface area (Å²) >= 11 is 0. The molecule has 1 fully saturated rings. The van der Waals surface area contributed by atoms with E-state index < -0.39 is 6.17 Å². The molecule has 1 heterocycles. The van der Waals surface area contributed by atoms with Crippen LogP contribution in [0.1, 0.15) is 19.8 Å². The van der Waals surface area contributed by atoms with E-state index in [1.165, 1.54) is 0 Å². The molecule has 1 N–H and O–H groups in total.